The fourth-order valence-electron chi connectivity index (χ4n) is 2.54. The van der Waals surface area contributed by atoms with E-state index in [1.54, 1.807) is 24.4 Å². The van der Waals surface area contributed by atoms with Crippen molar-refractivity contribution in [1.82, 2.24) is 15.0 Å². The number of fused-ring (bicyclic) bond motifs is 2. The molecule has 0 saturated heterocycles. The zero-order chi connectivity index (χ0) is 19.2. The van der Waals surface area contributed by atoms with E-state index in [0.29, 0.717) is 34.1 Å². The van der Waals surface area contributed by atoms with Crippen LogP contribution in [0.2, 0.25) is 0 Å². The summed E-state index contributed by atoms with van der Waals surface area (Å²) < 4.78 is 5.68. The normalized spacial score (nSPS) is 17.5. The number of anilines is 3. The van der Waals surface area contributed by atoms with Crippen molar-refractivity contribution >= 4 is 40.5 Å². The highest BCUT2D eigenvalue weighted by Gasteiger charge is 2.09. The van der Waals surface area contributed by atoms with Crippen molar-refractivity contribution in [1.29, 1.82) is 0 Å². The van der Waals surface area contributed by atoms with Gasteiger partial charge < -0.3 is 15.4 Å². The fraction of sp³-hybridized carbons (Fsp3) is 0.0500. The van der Waals surface area contributed by atoms with E-state index in [1.807, 2.05) is 30.3 Å². The maximum absolute atomic E-state index is 11.7. The average Bonchev–Trinajstić information content (AvgIpc) is 2.72. The van der Waals surface area contributed by atoms with Crippen molar-refractivity contribution in [2.24, 2.45) is 4.99 Å². The van der Waals surface area contributed by atoms with Crippen LogP contribution < -0.4 is 15.4 Å². The van der Waals surface area contributed by atoms with Gasteiger partial charge in [0.15, 0.2) is 5.82 Å². The second kappa shape index (κ2) is 8.09. The maximum atomic E-state index is 11.7. The Hall–Kier alpha value is -4.07. The fourth-order valence-corrected chi connectivity index (χ4v) is 2.54. The zero-order valence-electron chi connectivity index (χ0n) is 14.7. The molecular formula is C20H16N6O2. The predicted molar refractivity (Wildman–Crippen MR) is 108 cm³/mol. The molecule has 0 aliphatic carbocycles. The van der Waals surface area contributed by atoms with E-state index in [1.165, 1.54) is 18.8 Å². The van der Waals surface area contributed by atoms with Crippen molar-refractivity contribution in [3.63, 3.8) is 0 Å². The third kappa shape index (κ3) is 4.01. The van der Waals surface area contributed by atoms with E-state index in [2.05, 4.69) is 30.6 Å². The lowest BCUT2D eigenvalue weighted by atomic mass is 10.2. The van der Waals surface area contributed by atoms with Gasteiger partial charge in [-0.2, -0.15) is 0 Å². The molecule has 138 valence electrons. The Balaban J connectivity index is 1.78. The van der Waals surface area contributed by atoms with Crippen molar-refractivity contribution < 1.29 is 9.53 Å². The molecule has 1 aromatic carbocycles. The van der Waals surface area contributed by atoms with Crippen LogP contribution in [0.3, 0.4) is 0 Å². The van der Waals surface area contributed by atoms with Gasteiger partial charge >= 0.3 is 0 Å². The maximum Gasteiger partial charge on any atom is 0.249 e. The predicted octanol–water partition coefficient (Wildman–Crippen LogP) is 3.59. The number of pyridine rings is 1. The summed E-state index contributed by atoms with van der Waals surface area (Å²) in [4.78, 5) is 28.7. The SMILES string of the molecule is O=C1C/C=C\Oc2ccccc2Nc2ncnc3ccc(nc23)N/C=C\C=N/1. The first-order valence-corrected chi connectivity index (χ1v) is 8.58. The van der Waals surface area contributed by atoms with E-state index in [-0.39, 0.29) is 12.3 Å². The van der Waals surface area contributed by atoms with Gasteiger partial charge in [-0.05, 0) is 36.4 Å². The summed E-state index contributed by atoms with van der Waals surface area (Å²) in [6.07, 6.45) is 9.40. The van der Waals surface area contributed by atoms with Gasteiger partial charge in [-0.15, -0.1) is 0 Å². The Morgan fingerprint density at radius 3 is 2.96 bits per heavy atom. The lowest BCUT2D eigenvalue weighted by Gasteiger charge is -2.12. The molecule has 1 aliphatic heterocycles. The van der Waals surface area contributed by atoms with Crippen LogP contribution in [0.1, 0.15) is 6.42 Å². The smallest absolute Gasteiger partial charge is 0.249 e. The minimum Gasteiger partial charge on any atom is -0.463 e. The number of nitrogens with one attached hydrogen (secondary N) is 2. The van der Waals surface area contributed by atoms with E-state index in [0.717, 1.165) is 0 Å². The lowest BCUT2D eigenvalue weighted by Crippen LogP contribution is -2.00. The summed E-state index contributed by atoms with van der Waals surface area (Å²) in [6.45, 7) is 0. The molecule has 2 aromatic heterocycles. The zero-order valence-corrected chi connectivity index (χ0v) is 14.7. The molecule has 28 heavy (non-hydrogen) atoms. The van der Waals surface area contributed by atoms with E-state index >= 15 is 0 Å². The summed E-state index contributed by atoms with van der Waals surface area (Å²) in [6, 6.07) is 11.1. The molecule has 0 spiro atoms. The second-order valence-electron chi connectivity index (χ2n) is 5.78. The van der Waals surface area contributed by atoms with Crippen LogP contribution in [0.15, 0.2) is 72.3 Å². The van der Waals surface area contributed by atoms with E-state index < -0.39 is 0 Å². The van der Waals surface area contributed by atoms with Gasteiger partial charge in [0.2, 0.25) is 5.91 Å². The minimum atomic E-state index is -0.276. The number of hydrogen-bond donors (Lipinski definition) is 2. The van der Waals surface area contributed by atoms with Crippen LogP contribution in [-0.4, -0.2) is 27.1 Å². The Kier molecular flexibility index (Phi) is 5.01. The van der Waals surface area contributed by atoms with E-state index in [4.69, 9.17) is 4.74 Å². The molecule has 2 bridgehead atoms. The van der Waals surface area contributed by atoms with Gasteiger partial charge in [-0.25, -0.2) is 19.9 Å². The standard InChI is InChI=1S/C20H16N6O2/c27-18-7-3-12-28-16-6-2-1-5-14(16)25-20-19-15(23-13-24-20)8-9-17(26-19)21-10-4-11-22-18/h1-6,8-13H,7H2,(H,21,26)(H,23,24,25)/b10-4-,12-3-,22-11-. The first-order chi connectivity index (χ1) is 13.8. The molecule has 8 nitrogen and oxygen atoms in total. The number of benzene rings is 1. The number of carbonyl (C=O) groups is 1. The van der Waals surface area contributed by atoms with Gasteiger partial charge in [-0.1, -0.05) is 12.1 Å². The first kappa shape index (κ1) is 17.3. The van der Waals surface area contributed by atoms with E-state index in [9.17, 15) is 4.79 Å². The number of aliphatic imine (C=N–C) groups is 1. The summed E-state index contributed by atoms with van der Waals surface area (Å²) in [7, 11) is 0. The molecule has 2 N–H and O–H groups in total. The molecule has 1 amide bonds. The number of ether oxygens (including phenoxy) is 1. The first-order valence-electron chi connectivity index (χ1n) is 8.58. The summed E-state index contributed by atoms with van der Waals surface area (Å²) in [5.74, 6) is 1.47. The molecule has 3 heterocycles. The third-order valence-corrected chi connectivity index (χ3v) is 3.84. The van der Waals surface area contributed by atoms with Crippen LogP contribution in [0.4, 0.5) is 17.3 Å². The van der Waals surface area contributed by atoms with Crippen LogP contribution in [0.25, 0.3) is 11.0 Å². The molecule has 8 heteroatoms. The Bertz CT molecular complexity index is 1110. The number of nitrogens with zero attached hydrogens (tertiary/aromatic N) is 4. The third-order valence-electron chi connectivity index (χ3n) is 3.84. The van der Waals surface area contributed by atoms with Crippen molar-refractivity contribution in [3.8, 4) is 5.75 Å². The number of para-hydroxylation sites is 2. The Morgan fingerprint density at radius 2 is 2.00 bits per heavy atom. The monoisotopic (exact) mass is 372 g/mol. The van der Waals surface area contributed by atoms with Gasteiger partial charge in [0.05, 0.1) is 23.9 Å². The Labute approximate surface area is 160 Å². The number of allylic oxidation sites excluding steroid dienone is 1. The van der Waals surface area contributed by atoms with Crippen LogP contribution in [0, 0.1) is 0 Å². The van der Waals surface area contributed by atoms with Crippen LogP contribution in [-0.2, 0) is 4.79 Å². The Morgan fingerprint density at radius 1 is 1.07 bits per heavy atom. The molecule has 0 unspecified atom stereocenters. The summed E-state index contributed by atoms with van der Waals surface area (Å²) in [5.41, 5.74) is 2.02. The van der Waals surface area contributed by atoms with Gasteiger partial charge in [0.1, 0.15) is 23.4 Å². The highest BCUT2D eigenvalue weighted by molar-refractivity contribution is 5.90. The molecule has 0 atom stereocenters. The minimum absolute atomic E-state index is 0.141. The number of rotatable bonds is 0. The van der Waals surface area contributed by atoms with Gasteiger partial charge in [0.25, 0.3) is 0 Å². The molecular weight excluding hydrogens is 356 g/mol. The van der Waals surface area contributed by atoms with Crippen LogP contribution in [0.5, 0.6) is 5.75 Å². The molecule has 0 radical (unpaired) electrons. The summed E-state index contributed by atoms with van der Waals surface area (Å²) >= 11 is 0. The largest absolute Gasteiger partial charge is 0.463 e. The average molecular weight is 372 g/mol. The van der Waals surface area contributed by atoms with Crippen molar-refractivity contribution in [2.45, 2.75) is 6.42 Å². The molecule has 0 saturated carbocycles. The number of carbonyl (C=O) groups excluding carboxylic acids is 1. The highest BCUT2D eigenvalue weighted by Crippen LogP contribution is 2.29. The number of hydrogen-bond acceptors (Lipinski definition) is 7. The van der Waals surface area contributed by atoms with Crippen molar-refractivity contribution in [3.05, 3.63) is 67.3 Å². The highest BCUT2D eigenvalue weighted by atomic mass is 16.5. The van der Waals surface area contributed by atoms with Crippen molar-refractivity contribution in [2.75, 3.05) is 10.6 Å². The molecule has 4 rings (SSSR count). The molecule has 0 fully saturated rings. The second-order valence-corrected chi connectivity index (χ2v) is 5.78. The number of aromatic nitrogens is 3. The summed E-state index contributed by atoms with van der Waals surface area (Å²) in [5, 5.41) is 6.29. The molecule has 1 aliphatic rings. The topological polar surface area (TPSA) is 101 Å². The number of amides is 1. The molecule has 3 aromatic rings. The quantitative estimate of drug-likeness (QED) is 0.622. The van der Waals surface area contributed by atoms with Gasteiger partial charge in [-0.3, -0.25) is 4.79 Å². The van der Waals surface area contributed by atoms with Crippen LogP contribution >= 0.6 is 0 Å². The van der Waals surface area contributed by atoms with Gasteiger partial charge in [0, 0.05) is 12.4 Å². The lowest BCUT2D eigenvalue weighted by molar-refractivity contribution is -0.116.